The zero-order valence-electron chi connectivity index (χ0n) is 17.0. The summed E-state index contributed by atoms with van der Waals surface area (Å²) < 4.78 is 42.0. The molecule has 0 aliphatic carbocycles. The van der Waals surface area contributed by atoms with Crippen molar-refractivity contribution in [3.05, 3.63) is 59.4 Å². The van der Waals surface area contributed by atoms with Gasteiger partial charge in [0.2, 0.25) is 10.0 Å². The van der Waals surface area contributed by atoms with E-state index in [2.05, 4.69) is 5.32 Å². The van der Waals surface area contributed by atoms with Gasteiger partial charge in [0.1, 0.15) is 10.7 Å². The van der Waals surface area contributed by atoms with E-state index in [0.717, 1.165) is 30.5 Å². The highest BCUT2D eigenvalue weighted by atomic mass is 32.2. The Balaban J connectivity index is 1.90. The SMILES string of the molecule is CCc1ccccc1NC(=O)c1ccc(F)c(S(=O)(=O)N2C[C@H](C)C[C@H](C)C2)c1. The highest BCUT2D eigenvalue weighted by Crippen LogP contribution is 2.28. The molecular formula is C22H27FN2O3S. The minimum atomic E-state index is -4.02. The lowest BCUT2D eigenvalue weighted by atomic mass is 9.94. The van der Waals surface area contributed by atoms with Gasteiger partial charge >= 0.3 is 0 Å². The summed E-state index contributed by atoms with van der Waals surface area (Å²) >= 11 is 0. The van der Waals surface area contributed by atoms with Crippen LogP contribution in [0.25, 0.3) is 0 Å². The first-order valence-electron chi connectivity index (χ1n) is 9.91. The molecular weight excluding hydrogens is 391 g/mol. The molecule has 5 nitrogen and oxygen atoms in total. The summed E-state index contributed by atoms with van der Waals surface area (Å²) in [4.78, 5) is 12.3. The van der Waals surface area contributed by atoms with E-state index in [1.807, 2.05) is 39.0 Å². The molecule has 7 heteroatoms. The second kappa shape index (κ2) is 8.63. The van der Waals surface area contributed by atoms with E-state index in [1.165, 1.54) is 10.4 Å². The van der Waals surface area contributed by atoms with E-state index >= 15 is 0 Å². The zero-order valence-corrected chi connectivity index (χ0v) is 17.8. The van der Waals surface area contributed by atoms with Crippen molar-refractivity contribution in [1.82, 2.24) is 4.31 Å². The van der Waals surface area contributed by atoms with Crippen LogP contribution in [0.3, 0.4) is 0 Å². The van der Waals surface area contributed by atoms with Crippen molar-refractivity contribution >= 4 is 21.6 Å². The smallest absolute Gasteiger partial charge is 0.255 e. The number of carbonyl (C=O) groups is 1. The predicted octanol–water partition coefficient (Wildman–Crippen LogP) is 4.31. The standard InChI is InChI=1S/C22H27FN2O3S/c1-4-17-7-5-6-8-20(17)24-22(26)18-9-10-19(23)21(12-18)29(27,28)25-13-15(2)11-16(3)14-25/h5-10,12,15-16H,4,11,13-14H2,1-3H3,(H,24,26)/t15-,16+. The summed E-state index contributed by atoms with van der Waals surface area (Å²) in [6.45, 7) is 6.67. The fourth-order valence-electron chi connectivity index (χ4n) is 3.93. The third-order valence-corrected chi connectivity index (χ3v) is 7.14. The molecule has 2 aromatic rings. The molecule has 1 fully saturated rings. The third-order valence-electron chi connectivity index (χ3n) is 5.29. The first-order chi connectivity index (χ1) is 13.7. The predicted molar refractivity (Wildman–Crippen MR) is 112 cm³/mol. The minimum Gasteiger partial charge on any atom is -0.322 e. The molecule has 0 radical (unpaired) electrons. The summed E-state index contributed by atoms with van der Waals surface area (Å²) in [5.41, 5.74) is 1.73. The van der Waals surface area contributed by atoms with Crippen LogP contribution in [-0.2, 0) is 16.4 Å². The van der Waals surface area contributed by atoms with E-state index < -0.39 is 26.6 Å². The van der Waals surface area contributed by atoms with Crippen molar-refractivity contribution in [3.63, 3.8) is 0 Å². The lowest BCUT2D eigenvalue weighted by Crippen LogP contribution is -2.42. The molecule has 0 aromatic heterocycles. The Labute approximate surface area is 172 Å². The average molecular weight is 419 g/mol. The van der Waals surface area contributed by atoms with Crippen molar-refractivity contribution < 1.29 is 17.6 Å². The van der Waals surface area contributed by atoms with Gasteiger partial charge in [-0.15, -0.1) is 0 Å². The number of benzene rings is 2. The Morgan fingerprint density at radius 1 is 1.14 bits per heavy atom. The lowest BCUT2D eigenvalue weighted by molar-refractivity contribution is 0.102. The van der Waals surface area contributed by atoms with Gasteiger partial charge in [-0.05, 0) is 54.5 Å². The van der Waals surface area contributed by atoms with E-state index in [0.29, 0.717) is 18.8 Å². The maximum atomic E-state index is 14.5. The van der Waals surface area contributed by atoms with Crippen LogP contribution in [0, 0.1) is 17.7 Å². The van der Waals surface area contributed by atoms with Crippen LogP contribution >= 0.6 is 0 Å². The summed E-state index contributed by atoms with van der Waals surface area (Å²) in [7, 11) is -4.02. The quantitative estimate of drug-likeness (QED) is 0.787. The monoisotopic (exact) mass is 418 g/mol. The number of sulfonamides is 1. The number of amides is 1. The molecule has 2 aromatic carbocycles. The molecule has 1 saturated heterocycles. The van der Waals surface area contributed by atoms with Gasteiger partial charge in [0.05, 0.1) is 0 Å². The number of aryl methyl sites for hydroxylation is 1. The summed E-state index contributed by atoms with van der Waals surface area (Å²) in [6, 6.07) is 10.9. The maximum Gasteiger partial charge on any atom is 0.255 e. The van der Waals surface area contributed by atoms with Gasteiger partial charge in [-0.3, -0.25) is 4.79 Å². The molecule has 29 heavy (non-hydrogen) atoms. The Morgan fingerprint density at radius 3 is 2.45 bits per heavy atom. The zero-order chi connectivity index (χ0) is 21.2. The molecule has 0 saturated carbocycles. The molecule has 1 aliphatic heterocycles. The number of nitrogens with zero attached hydrogens (tertiary/aromatic N) is 1. The van der Waals surface area contributed by atoms with Gasteiger partial charge in [0.25, 0.3) is 5.91 Å². The molecule has 0 bridgehead atoms. The number of hydrogen-bond acceptors (Lipinski definition) is 3. The van der Waals surface area contributed by atoms with Crippen LogP contribution < -0.4 is 5.32 Å². The second-order valence-corrected chi connectivity index (χ2v) is 9.78. The van der Waals surface area contributed by atoms with Crippen molar-refractivity contribution in [2.75, 3.05) is 18.4 Å². The molecule has 1 N–H and O–H groups in total. The van der Waals surface area contributed by atoms with Gasteiger partial charge in [-0.2, -0.15) is 4.31 Å². The normalized spacial score (nSPS) is 20.4. The summed E-state index contributed by atoms with van der Waals surface area (Å²) in [5.74, 6) is -0.911. The Bertz CT molecular complexity index is 997. The second-order valence-electron chi connectivity index (χ2n) is 7.88. The van der Waals surface area contributed by atoms with E-state index in [9.17, 15) is 17.6 Å². The molecule has 1 aliphatic rings. The summed E-state index contributed by atoms with van der Waals surface area (Å²) in [5, 5.41) is 2.80. The molecule has 2 atom stereocenters. The Morgan fingerprint density at radius 2 is 1.79 bits per heavy atom. The molecule has 1 amide bonds. The Hall–Kier alpha value is -2.25. The average Bonchev–Trinajstić information content (AvgIpc) is 2.67. The molecule has 3 rings (SSSR count). The van der Waals surface area contributed by atoms with Gasteiger partial charge < -0.3 is 5.32 Å². The van der Waals surface area contributed by atoms with Gasteiger partial charge in [-0.25, -0.2) is 12.8 Å². The van der Waals surface area contributed by atoms with E-state index in [4.69, 9.17) is 0 Å². The van der Waals surface area contributed by atoms with Crippen molar-refractivity contribution in [3.8, 4) is 0 Å². The topological polar surface area (TPSA) is 66.5 Å². The molecule has 0 unspecified atom stereocenters. The van der Waals surface area contributed by atoms with E-state index in [-0.39, 0.29) is 17.4 Å². The Kier molecular flexibility index (Phi) is 6.39. The fraction of sp³-hybridized carbons (Fsp3) is 0.409. The number of anilines is 1. The van der Waals surface area contributed by atoms with Crippen LogP contribution in [-0.4, -0.2) is 31.7 Å². The van der Waals surface area contributed by atoms with Gasteiger partial charge in [0.15, 0.2) is 0 Å². The van der Waals surface area contributed by atoms with Crippen LogP contribution in [0.2, 0.25) is 0 Å². The van der Waals surface area contributed by atoms with Crippen LogP contribution in [0.5, 0.6) is 0 Å². The molecule has 156 valence electrons. The highest BCUT2D eigenvalue weighted by Gasteiger charge is 2.33. The lowest BCUT2D eigenvalue weighted by Gasteiger charge is -2.34. The number of halogens is 1. The largest absolute Gasteiger partial charge is 0.322 e. The van der Waals surface area contributed by atoms with Crippen LogP contribution in [0.15, 0.2) is 47.4 Å². The van der Waals surface area contributed by atoms with E-state index in [1.54, 1.807) is 6.07 Å². The minimum absolute atomic E-state index is 0.106. The molecule has 0 spiro atoms. The number of hydrogen-bond donors (Lipinski definition) is 1. The van der Waals surface area contributed by atoms with Crippen molar-refractivity contribution in [2.24, 2.45) is 11.8 Å². The fourth-order valence-corrected chi connectivity index (χ4v) is 5.70. The highest BCUT2D eigenvalue weighted by molar-refractivity contribution is 7.89. The number of carbonyl (C=O) groups excluding carboxylic acids is 1. The first kappa shape index (κ1) is 21.5. The number of piperidine rings is 1. The van der Waals surface area contributed by atoms with Gasteiger partial charge in [0, 0.05) is 24.3 Å². The summed E-state index contributed by atoms with van der Waals surface area (Å²) in [6.07, 6.45) is 1.68. The van der Waals surface area contributed by atoms with Crippen LogP contribution in [0.1, 0.15) is 43.1 Å². The number of para-hydroxylation sites is 1. The number of nitrogens with one attached hydrogen (secondary N) is 1. The van der Waals surface area contributed by atoms with Crippen LogP contribution in [0.4, 0.5) is 10.1 Å². The van der Waals surface area contributed by atoms with Crippen molar-refractivity contribution in [2.45, 2.75) is 38.5 Å². The molecule has 1 heterocycles. The third kappa shape index (κ3) is 4.67. The number of rotatable bonds is 5. The van der Waals surface area contributed by atoms with Gasteiger partial charge in [-0.1, -0.05) is 39.0 Å². The maximum absolute atomic E-state index is 14.5. The first-order valence-corrected chi connectivity index (χ1v) is 11.3. The van der Waals surface area contributed by atoms with Crippen molar-refractivity contribution in [1.29, 1.82) is 0 Å².